The fourth-order valence-electron chi connectivity index (χ4n) is 2.92. The highest BCUT2D eigenvalue weighted by Gasteiger charge is 2.37. The Morgan fingerprint density at radius 2 is 2.14 bits per heavy atom. The quantitative estimate of drug-likeness (QED) is 0.838. The smallest absolute Gasteiger partial charge is 0.303 e. The predicted octanol–water partition coefficient (Wildman–Crippen LogP) is 3.07. The molecule has 4 nitrogen and oxygen atoms in total. The summed E-state index contributed by atoms with van der Waals surface area (Å²) in [5, 5.41) is 9.16. The average molecular weight is 290 g/mol. The van der Waals surface area contributed by atoms with E-state index in [2.05, 4.69) is 6.92 Å². The van der Waals surface area contributed by atoms with E-state index in [1.165, 1.54) is 0 Å². The highest BCUT2D eigenvalue weighted by Crippen LogP contribution is 2.47. The third kappa shape index (κ3) is 3.38. The molecule has 1 aliphatic carbocycles. The van der Waals surface area contributed by atoms with E-state index in [4.69, 9.17) is 14.6 Å². The van der Waals surface area contributed by atoms with Crippen molar-refractivity contribution in [3.05, 3.63) is 29.8 Å². The van der Waals surface area contributed by atoms with Gasteiger partial charge in [-0.3, -0.25) is 4.79 Å². The fourth-order valence-corrected chi connectivity index (χ4v) is 2.92. The lowest BCUT2D eigenvalue weighted by molar-refractivity contribution is -0.137. The summed E-state index contributed by atoms with van der Waals surface area (Å²) >= 11 is 0. The highest BCUT2D eigenvalue weighted by atomic mass is 16.5. The third-order valence-corrected chi connectivity index (χ3v) is 4.38. The number of carboxylic acids is 1. The van der Waals surface area contributed by atoms with Gasteiger partial charge in [0.15, 0.2) is 0 Å². The van der Waals surface area contributed by atoms with E-state index in [0.717, 1.165) is 37.4 Å². The third-order valence-electron chi connectivity index (χ3n) is 4.38. The zero-order chi connectivity index (χ0) is 14.9. The van der Waals surface area contributed by atoms with Gasteiger partial charge in [-0.2, -0.15) is 0 Å². The van der Waals surface area contributed by atoms with Crippen LogP contribution in [0.15, 0.2) is 24.3 Å². The second-order valence-corrected chi connectivity index (χ2v) is 6.67. The SMILES string of the molecule is CC1(COc2ccccc2C(CC(=O)O)C2CC2)COC1. The standard InChI is InChI=1S/C17H22O4/c1-17(9-20-10-17)11-21-15-5-3-2-4-13(15)14(8-16(18)19)12-6-7-12/h2-5,12,14H,6-11H2,1H3,(H,18,19). The Hall–Kier alpha value is -1.55. The molecule has 3 rings (SSSR count). The van der Waals surface area contributed by atoms with Gasteiger partial charge in [-0.25, -0.2) is 0 Å². The van der Waals surface area contributed by atoms with Crippen LogP contribution in [-0.4, -0.2) is 30.9 Å². The topological polar surface area (TPSA) is 55.8 Å². The first kappa shape index (κ1) is 14.4. The van der Waals surface area contributed by atoms with Crippen molar-refractivity contribution in [3.63, 3.8) is 0 Å². The number of rotatable bonds is 7. The van der Waals surface area contributed by atoms with Crippen molar-refractivity contribution >= 4 is 5.97 Å². The number of carboxylic acid groups (broad SMARTS) is 1. The summed E-state index contributed by atoms with van der Waals surface area (Å²) in [6.45, 7) is 4.23. The largest absolute Gasteiger partial charge is 0.493 e. The molecule has 0 aromatic heterocycles. The Bertz CT molecular complexity index is 517. The molecule has 1 saturated heterocycles. The molecule has 0 amide bonds. The lowest BCUT2D eigenvalue weighted by atomic mass is 9.89. The van der Waals surface area contributed by atoms with Gasteiger partial charge in [0.2, 0.25) is 0 Å². The van der Waals surface area contributed by atoms with Gasteiger partial charge in [-0.05, 0) is 30.4 Å². The van der Waals surface area contributed by atoms with Gasteiger partial charge >= 0.3 is 5.97 Å². The first-order valence-corrected chi connectivity index (χ1v) is 7.59. The van der Waals surface area contributed by atoms with Crippen molar-refractivity contribution in [1.29, 1.82) is 0 Å². The molecule has 0 spiro atoms. The number of hydrogen-bond donors (Lipinski definition) is 1. The molecule has 1 aliphatic heterocycles. The molecule has 0 radical (unpaired) electrons. The van der Waals surface area contributed by atoms with Gasteiger partial charge in [-0.15, -0.1) is 0 Å². The summed E-state index contributed by atoms with van der Waals surface area (Å²) in [5.41, 5.74) is 1.14. The lowest BCUT2D eigenvalue weighted by Gasteiger charge is -2.37. The van der Waals surface area contributed by atoms with Crippen molar-refractivity contribution in [1.82, 2.24) is 0 Å². The van der Waals surface area contributed by atoms with Crippen molar-refractivity contribution < 1.29 is 19.4 Å². The van der Waals surface area contributed by atoms with Gasteiger partial charge in [0.1, 0.15) is 5.75 Å². The van der Waals surface area contributed by atoms with E-state index < -0.39 is 5.97 Å². The summed E-state index contributed by atoms with van der Waals surface area (Å²) in [7, 11) is 0. The maximum Gasteiger partial charge on any atom is 0.303 e. The molecule has 1 saturated carbocycles. The summed E-state index contributed by atoms with van der Waals surface area (Å²) in [4.78, 5) is 11.1. The van der Waals surface area contributed by atoms with Crippen LogP contribution >= 0.6 is 0 Å². The van der Waals surface area contributed by atoms with E-state index in [-0.39, 0.29) is 17.8 Å². The number of carbonyl (C=O) groups is 1. The maximum absolute atomic E-state index is 11.1. The number of benzene rings is 1. The van der Waals surface area contributed by atoms with E-state index in [1.54, 1.807) is 0 Å². The monoisotopic (exact) mass is 290 g/mol. The molecule has 114 valence electrons. The Morgan fingerprint density at radius 1 is 1.43 bits per heavy atom. The summed E-state index contributed by atoms with van der Waals surface area (Å²) in [6.07, 6.45) is 2.43. The number of aliphatic carboxylic acids is 1. The van der Waals surface area contributed by atoms with Crippen molar-refractivity contribution in [2.45, 2.75) is 32.1 Å². The Morgan fingerprint density at radius 3 is 2.71 bits per heavy atom. The predicted molar refractivity (Wildman–Crippen MR) is 78.6 cm³/mol. The second kappa shape index (κ2) is 5.68. The Balaban J connectivity index is 1.75. The average Bonchev–Trinajstić information content (AvgIpc) is 3.25. The molecule has 1 unspecified atom stereocenters. The minimum atomic E-state index is -0.735. The molecule has 21 heavy (non-hydrogen) atoms. The lowest BCUT2D eigenvalue weighted by Crippen LogP contribution is -2.44. The highest BCUT2D eigenvalue weighted by molar-refractivity contribution is 5.68. The maximum atomic E-state index is 11.1. The van der Waals surface area contributed by atoms with Gasteiger partial charge in [0.05, 0.1) is 26.2 Å². The van der Waals surface area contributed by atoms with Crippen LogP contribution < -0.4 is 4.74 Å². The molecule has 1 N–H and O–H groups in total. The van der Waals surface area contributed by atoms with Crippen LogP contribution in [0, 0.1) is 11.3 Å². The van der Waals surface area contributed by atoms with Crippen molar-refractivity contribution in [2.75, 3.05) is 19.8 Å². The van der Waals surface area contributed by atoms with Crippen LogP contribution in [0.2, 0.25) is 0 Å². The minimum Gasteiger partial charge on any atom is -0.493 e. The van der Waals surface area contributed by atoms with E-state index >= 15 is 0 Å². The number of para-hydroxylation sites is 1. The van der Waals surface area contributed by atoms with Crippen molar-refractivity contribution in [3.8, 4) is 5.75 Å². The molecular weight excluding hydrogens is 268 g/mol. The Labute approximate surface area is 125 Å². The van der Waals surface area contributed by atoms with E-state index in [0.29, 0.717) is 12.5 Å². The van der Waals surface area contributed by atoms with Crippen LogP contribution in [0.1, 0.15) is 37.7 Å². The van der Waals surface area contributed by atoms with Gasteiger partial charge in [-0.1, -0.05) is 25.1 Å². The van der Waals surface area contributed by atoms with Crippen LogP contribution in [0.3, 0.4) is 0 Å². The molecule has 1 aromatic rings. The Kier molecular flexibility index (Phi) is 3.89. The normalized spacial score (nSPS) is 21.4. The minimum absolute atomic E-state index is 0.0733. The number of ether oxygens (including phenoxy) is 2. The summed E-state index contributed by atoms with van der Waals surface area (Å²) in [5.74, 6) is 0.669. The van der Waals surface area contributed by atoms with Crippen LogP contribution in [0.5, 0.6) is 5.75 Å². The van der Waals surface area contributed by atoms with E-state index in [9.17, 15) is 4.79 Å². The number of hydrogen-bond acceptors (Lipinski definition) is 3. The molecule has 1 atom stereocenters. The summed E-state index contributed by atoms with van der Waals surface area (Å²) in [6, 6.07) is 7.88. The molecule has 1 heterocycles. The van der Waals surface area contributed by atoms with Gasteiger partial charge in [0, 0.05) is 11.3 Å². The molecule has 4 heteroatoms. The first-order chi connectivity index (χ1) is 10.1. The second-order valence-electron chi connectivity index (χ2n) is 6.67. The van der Waals surface area contributed by atoms with Crippen LogP contribution in [-0.2, 0) is 9.53 Å². The van der Waals surface area contributed by atoms with Crippen LogP contribution in [0.4, 0.5) is 0 Å². The fraction of sp³-hybridized carbons (Fsp3) is 0.588. The molecule has 2 fully saturated rings. The van der Waals surface area contributed by atoms with E-state index in [1.807, 2.05) is 24.3 Å². The van der Waals surface area contributed by atoms with Crippen LogP contribution in [0.25, 0.3) is 0 Å². The first-order valence-electron chi connectivity index (χ1n) is 7.59. The molecule has 2 aliphatic rings. The summed E-state index contributed by atoms with van der Waals surface area (Å²) < 4.78 is 11.3. The molecular formula is C17H22O4. The molecule has 1 aromatic carbocycles. The van der Waals surface area contributed by atoms with Gasteiger partial charge in [0.25, 0.3) is 0 Å². The van der Waals surface area contributed by atoms with Gasteiger partial charge < -0.3 is 14.6 Å². The zero-order valence-electron chi connectivity index (χ0n) is 12.4. The molecule has 0 bridgehead atoms. The van der Waals surface area contributed by atoms with Crippen molar-refractivity contribution in [2.24, 2.45) is 11.3 Å². The zero-order valence-corrected chi connectivity index (χ0v) is 12.4.